The molecular weight excluding hydrogens is 716 g/mol. The average molecular weight is 754 g/mol. The first kappa shape index (κ1) is 42.7. The molecule has 4 N–H and O–H groups in total. The van der Waals surface area contributed by atoms with Gasteiger partial charge in [-0.3, -0.25) is 15.0 Å². The van der Waals surface area contributed by atoms with Crippen LogP contribution in [0, 0.1) is 18.3 Å². The molecule has 1 saturated heterocycles. The lowest BCUT2D eigenvalue weighted by Gasteiger charge is -2.29. The number of carbonyl (C=O) groups excluding carboxylic acids is 1. The number of sulfone groups is 1. The van der Waals surface area contributed by atoms with E-state index in [9.17, 15) is 39.6 Å². The number of carbonyl (C=O) groups is 3. The number of fused-ring (bicyclic) bond motifs is 1. The van der Waals surface area contributed by atoms with Gasteiger partial charge in [-0.1, -0.05) is 32.0 Å². The van der Waals surface area contributed by atoms with Crippen LogP contribution >= 0.6 is 0 Å². The van der Waals surface area contributed by atoms with Gasteiger partial charge < -0.3 is 19.8 Å². The van der Waals surface area contributed by atoms with E-state index in [1.54, 1.807) is 29.7 Å². The maximum Gasteiger partial charge on any atom is 0.490 e. The minimum Gasteiger partial charge on any atom is -0.489 e. The lowest BCUT2D eigenvalue weighted by molar-refractivity contribution is -0.193. The second-order valence-electron chi connectivity index (χ2n) is 12.2. The highest BCUT2D eigenvalue weighted by atomic mass is 32.2. The predicted octanol–water partition coefficient (Wildman–Crippen LogP) is 5.41. The highest BCUT2D eigenvalue weighted by molar-refractivity contribution is 7.91. The number of aromatic nitrogens is 1. The molecule has 19 heteroatoms. The summed E-state index contributed by atoms with van der Waals surface area (Å²) in [5, 5.41) is 24.4. The molecule has 1 aliphatic heterocycles. The van der Waals surface area contributed by atoms with Crippen LogP contribution in [-0.4, -0.2) is 89.3 Å². The van der Waals surface area contributed by atoms with Crippen molar-refractivity contribution in [3.05, 3.63) is 65.9 Å². The third-order valence-electron chi connectivity index (χ3n) is 7.29. The van der Waals surface area contributed by atoms with Crippen LogP contribution in [0.25, 0.3) is 10.9 Å². The lowest BCUT2D eigenvalue weighted by Crippen LogP contribution is -2.39. The number of halogens is 6. The van der Waals surface area contributed by atoms with Crippen molar-refractivity contribution in [1.82, 2.24) is 15.4 Å². The lowest BCUT2D eigenvalue weighted by atomic mass is 9.85. The number of likely N-dealkylation sites (tertiary alicyclic amines) is 1. The highest BCUT2D eigenvalue weighted by Crippen LogP contribution is 2.38. The van der Waals surface area contributed by atoms with Gasteiger partial charge in [0.15, 0.2) is 9.84 Å². The smallest absolute Gasteiger partial charge is 0.489 e. The van der Waals surface area contributed by atoms with Gasteiger partial charge in [-0.15, -0.1) is 0 Å². The summed E-state index contributed by atoms with van der Waals surface area (Å²) in [5.41, 5.74) is 3.74. The number of ether oxygens (including phenoxy) is 1. The molecule has 51 heavy (non-hydrogen) atoms. The van der Waals surface area contributed by atoms with Gasteiger partial charge in [-0.25, -0.2) is 23.5 Å². The molecule has 2 aromatic carbocycles. The summed E-state index contributed by atoms with van der Waals surface area (Å²) in [6, 6.07) is 16.3. The first-order valence-corrected chi connectivity index (χ1v) is 16.7. The van der Waals surface area contributed by atoms with Crippen LogP contribution in [0.1, 0.15) is 37.9 Å². The Morgan fingerprint density at radius 2 is 1.53 bits per heavy atom. The number of hydroxylamine groups is 1. The molecular formula is C32H37F6N3O9S. The molecule has 1 fully saturated rings. The van der Waals surface area contributed by atoms with E-state index in [4.69, 9.17) is 29.7 Å². The Morgan fingerprint density at radius 1 is 0.980 bits per heavy atom. The second-order valence-corrected chi connectivity index (χ2v) is 14.1. The van der Waals surface area contributed by atoms with Gasteiger partial charge in [-0.2, -0.15) is 26.3 Å². The van der Waals surface area contributed by atoms with E-state index in [0.29, 0.717) is 31.2 Å². The number of aryl methyl sites for hydroxylation is 1. The zero-order valence-corrected chi connectivity index (χ0v) is 28.4. The zero-order valence-electron chi connectivity index (χ0n) is 27.6. The maximum absolute atomic E-state index is 13.4. The standard InChI is InChI=1S/C28H35N3O5S.2C2HF3O2/c1-20(2)16-31-13-12-28(18-31,15-27(32)30-33)19-37(34,35)24-10-8-23(9-11-24)36-17-22-14-21(3)29-26-7-5-4-6-25(22)26;2*3-2(4,5)1(6)7/h4-11,14,20,33H,12-13,15-19H2,1-3H3,(H,30,32);2*(H,6,7). The number of pyridine rings is 1. The Hall–Kier alpha value is -4.49. The molecule has 4 rings (SSSR count). The molecule has 0 bridgehead atoms. The summed E-state index contributed by atoms with van der Waals surface area (Å²) in [7, 11) is -3.68. The van der Waals surface area contributed by atoms with Crippen molar-refractivity contribution in [3.63, 3.8) is 0 Å². The van der Waals surface area contributed by atoms with Crippen LogP contribution in [0.2, 0.25) is 0 Å². The summed E-state index contributed by atoms with van der Waals surface area (Å²) in [6.07, 6.45) is -9.63. The van der Waals surface area contributed by atoms with Crippen LogP contribution in [0.5, 0.6) is 5.75 Å². The van der Waals surface area contributed by atoms with Crippen molar-refractivity contribution in [3.8, 4) is 5.75 Å². The molecule has 0 spiro atoms. The number of nitrogens with one attached hydrogen (secondary N) is 1. The molecule has 282 valence electrons. The van der Waals surface area contributed by atoms with Crippen LogP contribution in [-0.2, 0) is 30.8 Å². The SMILES string of the molecule is Cc1cc(COc2ccc(S(=O)(=O)CC3(CC(=O)NO)CCN(CC(C)C)C3)cc2)c2ccccc2n1.O=C(O)C(F)(F)F.O=C(O)C(F)(F)F. The molecule has 1 aromatic heterocycles. The van der Waals surface area contributed by atoms with Gasteiger partial charge in [0.25, 0.3) is 0 Å². The van der Waals surface area contributed by atoms with E-state index in [2.05, 4.69) is 23.7 Å². The van der Waals surface area contributed by atoms with E-state index in [1.165, 1.54) is 0 Å². The summed E-state index contributed by atoms with van der Waals surface area (Å²) < 4.78 is 96.3. The molecule has 1 atom stereocenters. The number of benzene rings is 2. The van der Waals surface area contributed by atoms with Crippen molar-refractivity contribution >= 4 is 38.6 Å². The summed E-state index contributed by atoms with van der Waals surface area (Å²) in [5.74, 6) is -5.24. The largest absolute Gasteiger partial charge is 0.490 e. The molecule has 0 radical (unpaired) electrons. The number of para-hydroxylation sites is 1. The molecule has 0 saturated carbocycles. The van der Waals surface area contributed by atoms with Gasteiger partial charge in [0.05, 0.1) is 16.2 Å². The number of alkyl halides is 6. The van der Waals surface area contributed by atoms with E-state index in [-0.39, 0.29) is 17.1 Å². The molecule has 0 aliphatic carbocycles. The van der Waals surface area contributed by atoms with Gasteiger partial charge in [0.2, 0.25) is 5.91 Å². The number of nitrogens with zero attached hydrogens (tertiary/aromatic N) is 2. The fourth-order valence-corrected chi connectivity index (χ4v) is 7.16. The number of amides is 1. The molecule has 2 heterocycles. The zero-order chi connectivity index (χ0) is 38.8. The molecule has 1 amide bonds. The predicted molar refractivity (Wildman–Crippen MR) is 170 cm³/mol. The first-order valence-electron chi connectivity index (χ1n) is 15.0. The Balaban J connectivity index is 0.000000543. The van der Waals surface area contributed by atoms with Crippen molar-refractivity contribution in [2.45, 2.75) is 57.5 Å². The Morgan fingerprint density at radius 3 is 2.04 bits per heavy atom. The monoisotopic (exact) mass is 753 g/mol. The van der Waals surface area contributed by atoms with Gasteiger partial charge in [0, 0.05) is 41.6 Å². The fourth-order valence-electron chi connectivity index (χ4n) is 5.30. The van der Waals surface area contributed by atoms with Crippen LogP contribution < -0.4 is 10.2 Å². The van der Waals surface area contributed by atoms with Gasteiger partial charge in [-0.05, 0) is 62.2 Å². The molecule has 3 aromatic rings. The van der Waals surface area contributed by atoms with Crippen molar-refractivity contribution in [1.29, 1.82) is 0 Å². The summed E-state index contributed by atoms with van der Waals surface area (Å²) in [4.78, 5) is 36.8. The highest BCUT2D eigenvalue weighted by Gasteiger charge is 2.44. The quantitative estimate of drug-likeness (QED) is 0.118. The van der Waals surface area contributed by atoms with E-state index in [1.807, 2.05) is 37.3 Å². The number of carboxylic acid groups (broad SMARTS) is 2. The second kappa shape index (κ2) is 17.6. The summed E-state index contributed by atoms with van der Waals surface area (Å²) >= 11 is 0. The molecule has 1 unspecified atom stereocenters. The Labute approximate surface area is 288 Å². The summed E-state index contributed by atoms with van der Waals surface area (Å²) in [6.45, 7) is 8.56. The van der Waals surface area contributed by atoms with Crippen molar-refractivity contribution < 1.29 is 69.3 Å². The van der Waals surface area contributed by atoms with Crippen molar-refractivity contribution in [2.24, 2.45) is 11.3 Å². The topological polar surface area (TPSA) is 183 Å². The minimum absolute atomic E-state index is 0.0438. The normalized spacial score (nSPS) is 16.5. The minimum atomic E-state index is -5.08. The van der Waals surface area contributed by atoms with Crippen LogP contribution in [0.3, 0.4) is 0 Å². The van der Waals surface area contributed by atoms with Crippen molar-refractivity contribution in [2.75, 3.05) is 25.4 Å². The van der Waals surface area contributed by atoms with Crippen LogP contribution in [0.15, 0.2) is 59.5 Å². The molecule has 1 aliphatic rings. The third-order valence-corrected chi connectivity index (χ3v) is 9.27. The van der Waals surface area contributed by atoms with E-state index in [0.717, 1.165) is 35.2 Å². The average Bonchev–Trinajstić information content (AvgIpc) is 3.39. The number of carboxylic acids is 2. The number of hydrogen-bond donors (Lipinski definition) is 4. The van der Waals surface area contributed by atoms with Gasteiger partial charge in [0.1, 0.15) is 12.4 Å². The third kappa shape index (κ3) is 13.6. The number of hydrogen-bond acceptors (Lipinski definition) is 9. The molecule has 12 nitrogen and oxygen atoms in total. The van der Waals surface area contributed by atoms with E-state index >= 15 is 0 Å². The maximum atomic E-state index is 13.4. The number of aliphatic carboxylic acids is 2. The van der Waals surface area contributed by atoms with Gasteiger partial charge >= 0.3 is 24.3 Å². The van der Waals surface area contributed by atoms with E-state index < -0.39 is 45.5 Å². The Bertz CT molecular complexity index is 1740. The Kier molecular flexibility index (Phi) is 14.8. The fraction of sp³-hybridized carbons (Fsp3) is 0.438. The van der Waals surface area contributed by atoms with Crippen LogP contribution in [0.4, 0.5) is 26.3 Å². The first-order chi connectivity index (χ1) is 23.5. The number of rotatable bonds is 10.